The highest BCUT2D eigenvalue weighted by atomic mass is 32.1. The van der Waals surface area contributed by atoms with Gasteiger partial charge in [0.15, 0.2) is 5.11 Å². The van der Waals surface area contributed by atoms with Crippen molar-refractivity contribution in [2.75, 3.05) is 17.7 Å². The molecule has 0 aliphatic carbocycles. The molecule has 2 aromatic rings. The lowest BCUT2D eigenvalue weighted by Gasteiger charge is -2.14. The van der Waals surface area contributed by atoms with E-state index < -0.39 is 5.91 Å². The van der Waals surface area contributed by atoms with Gasteiger partial charge in [-0.2, -0.15) is 0 Å². The Labute approximate surface area is 134 Å². The highest BCUT2D eigenvalue weighted by Gasteiger charge is 2.06. The number of methoxy groups -OCH3 is 1. The van der Waals surface area contributed by atoms with Crippen LogP contribution >= 0.6 is 12.2 Å². The van der Waals surface area contributed by atoms with Gasteiger partial charge in [0.25, 0.3) is 0 Å². The molecule has 0 saturated heterocycles. The second kappa shape index (κ2) is 6.91. The molecule has 0 aliphatic rings. The Bertz CT molecular complexity index is 699. The summed E-state index contributed by atoms with van der Waals surface area (Å²) in [7, 11) is 1.61. The summed E-state index contributed by atoms with van der Waals surface area (Å²) in [5, 5.41) is 6.56. The van der Waals surface area contributed by atoms with Crippen LogP contribution in [-0.2, 0) is 0 Å². The fourth-order valence-electron chi connectivity index (χ4n) is 1.92. The van der Waals surface area contributed by atoms with E-state index in [0.717, 1.165) is 16.9 Å². The largest absolute Gasteiger partial charge is 0.495 e. The molecule has 0 radical (unpaired) electrons. The highest BCUT2D eigenvalue weighted by Crippen LogP contribution is 2.25. The molecule has 22 heavy (non-hydrogen) atoms. The maximum absolute atomic E-state index is 11.0. The van der Waals surface area contributed by atoms with Crippen LogP contribution in [0.5, 0.6) is 5.75 Å². The van der Waals surface area contributed by atoms with Gasteiger partial charge >= 0.3 is 0 Å². The molecule has 4 N–H and O–H groups in total. The number of carbonyl (C=O) groups is 1. The number of amides is 1. The highest BCUT2D eigenvalue weighted by molar-refractivity contribution is 7.80. The fourth-order valence-corrected chi connectivity index (χ4v) is 2.15. The smallest absolute Gasteiger partial charge is 0.248 e. The summed E-state index contributed by atoms with van der Waals surface area (Å²) in [5.41, 5.74) is 8.29. The van der Waals surface area contributed by atoms with Gasteiger partial charge < -0.3 is 21.1 Å². The van der Waals surface area contributed by atoms with E-state index in [0.29, 0.717) is 16.4 Å². The lowest BCUT2D eigenvalue weighted by Crippen LogP contribution is -2.19. The van der Waals surface area contributed by atoms with Crippen molar-refractivity contribution < 1.29 is 9.53 Å². The second-order valence-corrected chi connectivity index (χ2v) is 5.13. The maximum Gasteiger partial charge on any atom is 0.248 e. The summed E-state index contributed by atoms with van der Waals surface area (Å²) >= 11 is 5.28. The number of benzene rings is 2. The Morgan fingerprint density at radius 2 is 1.82 bits per heavy atom. The fraction of sp³-hybridized carbons (Fsp3) is 0.125. The van der Waals surface area contributed by atoms with Crippen LogP contribution in [0.15, 0.2) is 42.5 Å². The topological polar surface area (TPSA) is 76.4 Å². The van der Waals surface area contributed by atoms with Crippen LogP contribution in [0.25, 0.3) is 0 Å². The number of nitrogens with two attached hydrogens (primary N) is 1. The van der Waals surface area contributed by atoms with Gasteiger partial charge in [0.2, 0.25) is 5.91 Å². The number of thiocarbonyl (C=S) groups is 1. The summed E-state index contributed by atoms with van der Waals surface area (Å²) in [6, 6.07) is 12.5. The summed E-state index contributed by atoms with van der Waals surface area (Å²) in [5.74, 6) is 0.246. The molecule has 2 aromatic carbocycles. The SMILES string of the molecule is COc1ccc(C)cc1NC(=S)Nc1ccc(C(N)=O)cc1. The van der Waals surface area contributed by atoms with Gasteiger partial charge in [-0.15, -0.1) is 0 Å². The zero-order chi connectivity index (χ0) is 16.1. The van der Waals surface area contributed by atoms with Crippen molar-refractivity contribution in [2.45, 2.75) is 6.92 Å². The number of hydrogen-bond acceptors (Lipinski definition) is 3. The minimum Gasteiger partial charge on any atom is -0.495 e. The van der Waals surface area contributed by atoms with Crippen molar-refractivity contribution in [3.05, 3.63) is 53.6 Å². The zero-order valence-corrected chi connectivity index (χ0v) is 13.2. The van der Waals surface area contributed by atoms with Crippen molar-refractivity contribution in [3.8, 4) is 5.75 Å². The molecule has 0 bridgehead atoms. The third-order valence-corrected chi connectivity index (χ3v) is 3.23. The molecule has 0 atom stereocenters. The molecule has 0 aliphatic heterocycles. The minimum absolute atomic E-state index is 0.427. The van der Waals surface area contributed by atoms with E-state index in [1.807, 2.05) is 25.1 Å². The summed E-state index contributed by atoms with van der Waals surface area (Å²) in [4.78, 5) is 11.0. The molecular weight excluding hydrogens is 298 g/mol. The van der Waals surface area contributed by atoms with Crippen LogP contribution < -0.4 is 21.1 Å². The van der Waals surface area contributed by atoms with Crippen molar-refractivity contribution in [1.82, 2.24) is 0 Å². The first-order valence-corrected chi connectivity index (χ1v) is 7.03. The number of ether oxygens (including phenoxy) is 1. The summed E-state index contributed by atoms with van der Waals surface area (Å²) < 4.78 is 5.29. The van der Waals surface area contributed by atoms with Crippen molar-refractivity contribution >= 4 is 34.6 Å². The molecular formula is C16H17N3O2S. The Hall–Kier alpha value is -2.60. The average molecular weight is 315 g/mol. The third kappa shape index (κ3) is 3.95. The number of nitrogens with one attached hydrogen (secondary N) is 2. The van der Waals surface area contributed by atoms with Crippen LogP contribution in [0.4, 0.5) is 11.4 Å². The predicted molar refractivity (Wildman–Crippen MR) is 92.5 cm³/mol. The number of hydrogen-bond donors (Lipinski definition) is 3. The lowest BCUT2D eigenvalue weighted by molar-refractivity contribution is 0.100. The standard InChI is InChI=1S/C16H17N3O2S/c1-10-3-8-14(21-2)13(9-10)19-16(22)18-12-6-4-11(5-7-12)15(17)20/h3-9H,1-2H3,(H2,17,20)(H2,18,19,22). The van der Waals surface area contributed by atoms with Crippen molar-refractivity contribution in [1.29, 1.82) is 0 Å². The van der Waals surface area contributed by atoms with Gasteiger partial charge in [0.1, 0.15) is 5.75 Å². The number of anilines is 2. The van der Waals surface area contributed by atoms with Gasteiger partial charge in [0.05, 0.1) is 12.8 Å². The average Bonchev–Trinajstić information content (AvgIpc) is 2.48. The number of aryl methyl sites for hydroxylation is 1. The Kier molecular flexibility index (Phi) is 4.95. The quantitative estimate of drug-likeness (QED) is 0.756. The van der Waals surface area contributed by atoms with Gasteiger partial charge in [0, 0.05) is 11.3 Å². The molecule has 5 nitrogen and oxygen atoms in total. The first-order chi connectivity index (χ1) is 10.5. The molecule has 6 heteroatoms. The van der Waals surface area contributed by atoms with E-state index in [2.05, 4.69) is 10.6 Å². The van der Waals surface area contributed by atoms with Crippen molar-refractivity contribution in [3.63, 3.8) is 0 Å². The van der Waals surface area contributed by atoms with E-state index >= 15 is 0 Å². The normalized spacial score (nSPS) is 9.91. The molecule has 0 fully saturated rings. The molecule has 114 valence electrons. The molecule has 1 amide bonds. The summed E-state index contributed by atoms with van der Waals surface area (Å²) in [6.07, 6.45) is 0. The van der Waals surface area contributed by atoms with Crippen LogP contribution in [0, 0.1) is 6.92 Å². The van der Waals surface area contributed by atoms with Gasteiger partial charge in [-0.25, -0.2) is 0 Å². The lowest BCUT2D eigenvalue weighted by atomic mass is 10.2. The zero-order valence-electron chi connectivity index (χ0n) is 12.3. The van der Waals surface area contributed by atoms with Gasteiger partial charge in [-0.05, 0) is 61.1 Å². The third-order valence-electron chi connectivity index (χ3n) is 3.03. The van der Waals surface area contributed by atoms with Crippen LogP contribution in [0.2, 0.25) is 0 Å². The summed E-state index contributed by atoms with van der Waals surface area (Å²) in [6.45, 7) is 1.99. The van der Waals surface area contributed by atoms with Gasteiger partial charge in [-0.3, -0.25) is 4.79 Å². The van der Waals surface area contributed by atoms with Crippen LogP contribution in [-0.4, -0.2) is 18.1 Å². The van der Waals surface area contributed by atoms with Crippen LogP contribution in [0.1, 0.15) is 15.9 Å². The first-order valence-electron chi connectivity index (χ1n) is 6.62. The Morgan fingerprint density at radius 1 is 1.14 bits per heavy atom. The van der Waals surface area contributed by atoms with E-state index in [1.165, 1.54) is 0 Å². The first kappa shape index (κ1) is 15.8. The van der Waals surface area contributed by atoms with E-state index in [4.69, 9.17) is 22.7 Å². The number of primary amides is 1. The number of rotatable bonds is 4. The Morgan fingerprint density at radius 3 is 2.41 bits per heavy atom. The second-order valence-electron chi connectivity index (χ2n) is 4.72. The molecule has 2 rings (SSSR count). The van der Waals surface area contributed by atoms with Crippen molar-refractivity contribution in [2.24, 2.45) is 5.73 Å². The molecule has 0 unspecified atom stereocenters. The Balaban J connectivity index is 2.07. The molecule has 0 saturated carbocycles. The van der Waals surface area contributed by atoms with Crippen LogP contribution in [0.3, 0.4) is 0 Å². The molecule has 0 aromatic heterocycles. The minimum atomic E-state index is -0.461. The van der Waals surface area contributed by atoms with Gasteiger partial charge in [-0.1, -0.05) is 6.07 Å². The van der Waals surface area contributed by atoms with E-state index in [1.54, 1.807) is 31.4 Å². The van der Waals surface area contributed by atoms with E-state index in [9.17, 15) is 4.79 Å². The molecule has 0 spiro atoms. The maximum atomic E-state index is 11.0. The molecule has 0 heterocycles. The number of carbonyl (C=O) groups excluding carboxylic acids is 1. The van der Waals surface area contributed by atoms with E-state index in [-0.39, 0.29) is 0 Å². The monoisotopic (exact) mass is 315 g/mol. The predicted octanol–water partition coefficient (Wildman–Crippen LogP) is 2.91.